The van der Waals surface area contributed by atoms with Gasteiger partial charge < -0.3 is 5.32 Å². The molecule has 9 nitrogen and oxygen atoms in total. The Bertz CT molecular complexity index is 711. The van der Waals surface area contributed by atoms with Crippen LogP contribution in [0, 0.1) is 0 Å². The van der Waals surface area contributed by atoms with Gasteiger partial charge in [0.25, 0.3) is 0 Å². The lowest BCUT2D eigenvalue weighted by Gasteiger charge is -2.14. The molecule has 1 amide bonds. The predicted octanol–water partition coefficient (Wildman–Crippen LogP) is -0.802. The van der Waals surface area contributed by atoms with Crippen molar-refractivity contribution in [2.45, 2.75) is 24.4 Å². The van der Waals surface area contributed by atoms with Gasteiger partial charge in [0.1, 0.15) is 12.9 Å². The number of carbonyl (C=O) groups is 1. The van der Waals surface area contributed by atoms with Gasteiger partial charge in [0.05, 0.1) is 10.9 Å². The topological polar surface area (TPSA) is 133 Å². The molecule has 0 radical (unpaired) electrons. The van der Waals surface area contributed by atoms with Gasteiger partial charge in [0.2, 0.25) is 15.9 Å². The zero-order valence-corrected chi connectivity index (χ0v) is 12.0. The fourth-order valence-corrected chi connectivity index (χ4v) is 2.23. The number of nitrogens with two attached hydrogens (primary N) is 1. The summed E-state index contributed by atoms with van der Waals surface area (Å²) in [7, 11) is -3.72. The largest absolute Gasteiger partial charge is 0.348 e. The van der Waals surface area contributed by atoms with Crippen LogP contribution in [0.15, 0.2) is 35.5 Å². The summed E-state index contributed by atoms with van der Waals surface area (Å²) in [5, 5.41) is 18.2. The third kappa shape index (κ3) is 4.07. The number of hydrogen-bond donors (Lipinski definition) is 2. The lowest BCUT2D eigenvalue weighted by atomic mass is 10.1. The number of carbonyl (C=O) groups excluding carboxylic acids is 1. The number of sulfonamides is 1. The highest BCUT2D eigenvalue weighted by atomic mass is 32.2. The average molecular weight is 310 g/mol. The second kappa shape index (κ2) is 5.97. The third-order valence-electron chi connectivity index (χ3n) is 2.78. The number of nitrogens with zero attached hydrogens (tertiary/aromatic N) is 4. The van der Waals surface area contributed by atoms with Crippen molar-refractivity contribution in [2.75, 3.05) is 0 Å². The number of amides is 1. The van der Waals surface area contributed by atoms with Gasteiger partial charge in [-0.25, -0.2) is 18.2 Å². The van der Waals surface area contributed by atoms with E-state index < -0.39 is 10.0 Å². The first-order valence-electron chi connectivity index (χ1n) is 5.99. The maximum Gasteiger partial charge on any atom is 0.242 e. The van der Waals surface area contributed by atoms with E-state index in [1.54, 1.807) is 19.1 Å². The van der Waals surface area contributed by atoms with E-state index in [0.29, 0.717) is 0 Å². The maximum absolute atomic E-state index is 11.8. The Morgan fingerprint density at radius 1 is 1.38 bits per heavy atom. The van der Waals surface area contributed by atoms with Crippen LogP contribution in [0.5, 0.6) is 0 Å². The summed E-state index contributed by atoms with van der Waals surface area (Å²) in [6, 6.07) is 5.70. The Balaban J connectivity index is 2.00. The molecule has 0 aliphatic heterocycles. The van der Waals surface area contributed by atoms with Gasteiger partial charge in [-0.1, -0.05) is 12.1 Å². The predicted molar refractivity (Wildman–Crippen MR) is 72.2 cm³/mol. The molecule has 0 aliphatic carbocycles. The van der Waals surface area contributed by atoms with Crippen LogP contribution in [0.2, 0.25) is 0 Å². The molecular formula is C11H14N6O3S. The molecule has 112 valence electrons. The third-order valence-corrected chi connectivity index (χ3v) is 3.71. The van der Waals surface area contributed by atoms with Gasteiger partial charge >= 0.3 is 0 Å². The maximum atomic E-state index is 11.8. The van der Waals surface area contributed by atoms with E-state index in [0.717, 1.165) is 5.56 Å². The van der Waals surface area contributed by atoms with Crippen molar-refractivity contribution in [1.29, 1.82) is 0 Å². The van der Waals surface area contributed by atoms with E-state index in [1.165, 1.54) is 23.1 Å². The molecule has 1 heterocycles. The van der Waals surface area contributed by atoms with Crippen LogP contribution in [0.3, 0.4) is 0 Å². The molecule has 2 aromatic rings. The minimum Gasteiger partial charge on any atom is -0.348 e. The lowest BCUT2D eigenvalue weighted by molar-refractivity contribution is -0.122. The first-order valence-corrected chi connectivity index (χ1v) is 7.54. The number of aromatic nitrogens is 4. The molecule has 1 atom stereocenters. The summed E-state index contributed by atoms with van der Waals surface area (Å²) in [5.74, 6) is -0.259. The smallest absolute Gasteiger partial charge is 0.242 e. The fraction of sp³-hybridized carbons (Fsp3) is 0.273. The van der Waals surface area contributed by atoms with Gasteiger partial charge in [0.15, 0.2) is 0 Å². The van der Waals surface area contributed by atoms with Crippen molar-refractivity contribution in [3.63, 3.8) is 0 Å². The Morgan fingerprint density at radius 2 is 2.05 bits per heavy atom. The van der Waals surface area contributed by atoms with E-state index in [2.05, 4.69) is 20.8 Å². The van der Waals surface area contributed by atoms with E-state index in [4.69, 9.17) is 5.14 Å². The van der Waals surface area contributed by atoms with Crippen LogP contribution < -0.4 is 10.5 Å². The minimum absolute atomic E-state index is 0.00655. The Hall–Kier alpha value is -2.33. The first-order chi connectivity index (χ1) is 9.86. The summed E-state index contributed by atoms with van der Waals surface area (Å²) < 4.78 is 23.6. The number of rotatable bonds is 5. The summed E-state index contributed by atoms with van der Waals surface area (Å²) >= 11 is 0. The normalized spacial score (nSPS) is 12.9. The second-order valence-corrected chi connectivity index (χ2v) is 5.97. The molecule has 3 N–H and O–H groups in total. The summed E-state index contributed by atoms with van der Waals surface area (Å²) in [6.07, 6.45) is 1.34. The van der Waals surface area contributed by atoms with Gasteiger partial charge in [0, 0.05) is 0 Å². The van der Waals surface area contributed by atoms with Crippen molar-refractivity contribution < 1.29 is 13.2 Å². The van der Waals surface area contributed by atoms with Crippen LogP contribution in [0.4, 0.5) is 0 Å². The summed E-state index contributed by atoms with van der Waals surface area (Å²) in [4.78, 5) is 11.8. The molecule has 21 heavy (non-hydrogen) atoms. The Morgan fingerprint density at radius 3 is 2.57 bits per heavy atom. The van der Waals surface area contributed by atoms with E-state index in [1.807, 2.05) is 0 Å². The van der Waals surface area contributed by atoms with E-state index in [9.17, 15) is 13.2 Å². The highest BCUT2D eigenvalue weighted by Crippen LogP contribution is 2.15. The zero-order chi connectivity index (χ0) is 15.5. The van der Waals surface area contributed by atoms with Crippen LogP contribution in [0.1, 0.15) is 18.5 Å². The first kappa shape index (κ1) is 15.1. The molecule has 1 aromatic carbocycles. The molecule has 0 saturated carbocycles. The van der Waals surface area contributed by atoms with Crippen molar-refractivity contribution in [3.8, 4) is 0 Å². The number of tetrazole rings is 1. The van der Waals surface area contributed by atoms with Gasteiger partial charge in [-0.3, -0.25) is 4.79 Å². The standard InChI is InChI=1S/C11H14N6O3S/c1-8(14-11(18)6-17-7-13-15-16-17)9-2-4-10(5-3-9)21(12,19)20/h2-5,7-8H,6H2,1H3,(H,14,18)(H2,12,19,20)/t8-/m1/s1. The van der Waals surface area contributed by atoms with Crippen LogP contribution >= 0.6 is 0 Å². The molecular weight excluding hydrogens is 296 g/mol. The minimum atomic E-state index is -3.72. The van der Waals surface area contributed by atoms with Gasteiger partial charge in [-0.2, -0.15) is 0 Å². The zero-order valence-electron chi connectivity index (χ0n) is 11.2. The van der Waals surface area contributed by atoms with E-state index >= 15 is 0 Å². The average Bonchev–Trinajstić information content (AvgIpc) is 2.90. The molecule has 0 bridgehead atoms. The second-order valence-electron chi connectivity index (χ2n) is 4.41. The molecule has 10 heteroatoms. The van der Waals surface area contributed by atoms with Crippen molar-refractivity contribution in [1.82, 2.24) is 25.5 Å². The molecule has 2 rings (SSSR count). The van der Waals surface area contributed by atoms with Crippen LogP contribution in [-0.4, -0.2) is 34.5 Å². The molecule has 0 unspecified atom stereocenters. The van der Waals surface area contributed by atoms with Gasteiger partial charge in [-0.15, -0.1) is 5.10 Å². The monoisotopic (exact) mass is 310 g/mol. The van der Waals surface area contributed by atoms with Crippen molar-refractivity contribution >= 4 is 15.9 Å². The fourth-order valence-electron chi connectivity index (χ4n) is 1.72. The molecule has 0 spiro atoms. The lowest BCUT2D eigenvalue weighted by Crippen LogP contribution is -2.30. The SMILES string of the molecule is C[C@@H](NC(=O)Cn1cnnn1)c1ccc(S(N)(=O)=O)cc1. The van der Waals surface area contributed by atoms with Crippen molar-refractivity contribution in [3.05, 3.63) is 36.2 Å². The molecule has 0 aliphatic rings. The van der Waals surface area contributed by atoms with E-state index in [-0.39, 0.29) is 23.4 Å². The number of benzene rings is 1. The van der Waals surface area contributed by atoms with Gasteiger partial charge in [-0.05, 0) is 35.0 Å². The molecule has 0 saturated heterocycles. The van der Waals surface area contributed by atoms with Crippen LogP contribution in [-0.2, 0) is 21.4 Å². The molecule has 0 fully saturated rings. The summed E-state index contributed by atoms with van der Waals surface area (Å²) in [6.45, 7) is 1.79. The molecule has 1 aromatic heterocycles. The quantitative estimate of drug-likeness (QED) is 0.742. The van der Waals surface area contributed by atoms with Crippen molar-refractivity contribution in [2.24, 2.45) is 5.14 Å². The highest BCUT2D eigenvalue weighted by molar-refractivity contribution is 7.89. The number of primary sulfonamides is 1. The van der Waals surface area contributed by atoms with Crippen LogP contribution in [0.25, 0.3) is 0 Å². The Kier molecular flexibility index (Phi) is 4.29. The number of hydrogen-bond acceptors (Lipinski definition) is 6. The highest BCUT2D eigenvalue weighted by Gasteiger charge is 2.12. The number of nitrogens with one attached hydrogen (secondary N) is 1. The Labute approximate surface area is 121 Å². The summed E-state index contributed by atoms with van der Waals surface area (Å²) in [5.41, 5.74) is 0.757.